The summed E-state index contributed by atoms with van der Waals surface area (Å²) >= 11 is 0. The molecule has 0 aromatic heterocycles. The van der Waals surface area contributed by atoms with Crippen molar-refractivity contribution in [2.24, 2.45) is 0 Å². The molecule has 4 rings (SSSR count). The van der Waals surface area contributed by atoms with Crippen LogP contribution in [0, 0.1) is 0 Å². The van der Waals surface area contributed by atoms with E-state index in [1.807, 2.05) is 0 Å². The standard InChI is InChI=1S/C33H42O2Si/c1-5-23-33(24-15-18-29(35-33)27-28-16-9-6-10-17-28)25-26-34-36(32(2,3)4,30-19-11-7-12-20-30)31-21-13-8-14-22-31/h6-17,19-22,24,29H,5,18,23,25-27H2,1-4H3/t29-,33-/m1/s1. The van der Waals surface area contributed by atoms with E-state index in [4.69, 9.17) is 9.16 Å². The summed E-state index contributed by atoms with van der Waals surface area (Å²) < 4.78 is 14.1. The molecule has 0 unspecified atom stereocenters. The van der Waals surface area contributed by atoms with Gasteiger partial charge in [-0.2, -0.15) is 0 Å². The zero-order chi connectivity index (χ0) is 25.5. The lowest BCUT2D eigenvalue weighted by Crippen LogP contribution is -2.66. The molecule has 0 aliphatic carbocycles. The highest BCUT2D eigenvalue weighted by Gasteiger charge is 2.50. The first kappa shape index (κ1) is 26.6. The Balaban J connectivity index is 1.59. The molecule has 0 N–H and O–H groups in total. The summed E-state index contributed by atoms with van der Waals surface area (Å²) in [6, 6.07) is 32.6. The number of benzene rings is 3. The summed E-state index contributed by atoms with van der Waals surface area (Å²) in [5, 5.41) is 2.64. The van der Waals surface area contributed by atoms with Crippen molar-refractivity contribution in [2.45, 2.75) is 76.5 Å². The Labute approximate surface area is 219 Å². The molecule has 0 amide bonds. The third-order valence-corrected chi connectivity index (χ3v) is 12.5. The van der Waals surface area contributed by atoms with Crippen molar-refractivity contribution >= 4 is 18.7 Å². The fourth-order valence-corrected chi connectivity index (χ4v) is 10.4. The maximum absolute atomic E-state index is 7.22. The maximum atomic E-state index is 7.22. The fraction of sp³-hybridized carbons (Fsp3) is 0.394. The summed E-state index contributed by atoms with van der Waals surface area (Å²) in [7, 11) is -2.55. The smallest absolute Gasteiger partial charge is 0.261 e. The van der Waals surface area contributed by atoms with Gasteiger partial charge in [0.05, 0.1) is 11.7 Å². The van der Waals surface area contributed by atoms with Crippen LogP contribution in [0.2, 0.25) is 5.04 Å². The van der Waals surface area contributed by atoms with Gasteiger partial charge in [-0.3, -0.25) is 0 Å². The minimum absolute atomic E-state index is 0.0211. The molecule has 0 saturated carbocycles. The molecule has 36 heavy (non-hydrogen) atoms. The maximum Gasteiger partial charge on any atom is 0.261 e. The molecule has 3 aromatic carbocycles. The largest absolute Gasteiger partial charge is 0.407 e. The molecule has 3 aromatic rings. The van der Waals surface area contributed by atoms with Crippen molar-refractivity contribution in [3.63, 3.8) is 0 Å². The highest BCUT2D eigenvalue weighted by atomic mass is 28.4. The second-order valence-electron chi connectivity index (χ2n) is 11.1. The summed E-state index contributed by atoms with van der Waals surface area (Å²) in [4.78, 5) is 0. The topological polar surface area (TPSA) is 18.5 Å². The van der Waals surface area contributed by atoms with Gasteiger partial charge in [0, 0.05) is 13.0 Å². The first-order valence-electron chi connectivity index (χ1n) is 13.5. The van der Waals surface area contributed by atoms with Crippen LogP contribution in [-0.2, 0) is 15.6 Å². The Hall–Kier alpha value is -2.46. The summed E-state index contributed by atoms with van der Waals surface area (Å²) in [5.41, 5.74) is 1.07. The Bertz CT molecular complexity index is 1050. The second-order valence-corrected chi connectivity index (χ2v) is 15.4. The van der Waals surface area contributed by atoms with E-state index in [1.165, 1.54) is 15.9 Å². The molecule has 0 spiro atoms. The van der Waals surface area contributed by atoms with E-state index in [2.05, 4.69) is 131 Å². The normalized spacial score (nSPS) is 20.4. The zero-order valence-electron chi connectivity index (χ0n) is 22.5. The van der Waals surface area contributed by atoms with Gasteiger partial charge in [0.1, 0.15) is 0 Å². The van der Waals surface area contributed by atoms with Crippen LogP contribution >= 0.6 is 0 Å². The summed E-state index contributed by atoms with van der Waals surface area (Å²) in [6.45, 7) is 9.95. The molecule has 1 aliphatic heterocycles. The molecule has 0 bridgehead atoms. The fourth-order valence-electron chi connectivity index (χ4n) is 5.83. The molecule has 1 aliphatic rings. The van der Waals surface area contributed by atoms with Gasteiger partial charge in [0.15, 0.2) is 0 Å². The van der Waals surface area contributed by atoms with E-state index in [-0.39, 0.29) is 16.7 Å². The molecule has 2 atom stereocenters. The molecule has 2 nitrogen and oxygen atoms in total. The van der Waals surface area contributed by atoms with Crippen molar-refractivity contribution < 1.29 is 9.16 Å². The summed E-state index contributed by atoms with van der Waals surface area (Å²) in [6.07, 6.45) is 9.76. The van der Waals surface area contributed by atoms with E-state index < -0.39 is 8.32 Å². The molecule has 0 fully saturated rings. The van der Waals surface area contributed by atoms with Crippen LogP contribution in [0.25, 0.3) is 0 Å². The minimum Gasteiger partial charge on any atom is -0.407 e. The Kier molecular flexibility index (Phi) is 8.66. The first-order valence-corrected chi connectivity index (χ1v) is 15.4. The molecule has 1 heterocycles. The van der Waals surface area contributed by atoms with Crippen LogP contribution in [0.15, 0.2) is 103 Å². The molecular formula is C33H42O2Si. The van der Waals surface area contributed by atoms with Crippen LogP contribution < -0.4 is 10.4 Å². The van der Waals surface area contributed by atoms with Gasteiger partial charge < -0.3 is 9.16 Å². The van der Waals surface area contributed by atoms with Crippen molar-refractivity contribution in [2.75, 3.05) is 6.61 Å². The predicted octanol–water partition coefficient (Wildman–Crippen LogP) is 7.08. The second kappa shape index (κ2) is 11.7. The van der Waals surface area contributed by atoms with Crippen molar-refractivity contribution in [3.8, 4) is 0 Å². The number of hydrogen-bond donors (Lipinski definition) is 0. The van der Waals surface area contributed by atoms with E-state index in [0.29, 0.717) is 6.61 Å². The molecule has 3 heteroatoms. The average molecular weight is 499 g/mol. The number of hydrogen-bond acceptors (Lipinski definition) is 2. The highest BCUT2D eigenvalue weighted by Crippen LogP contribution is 2.38. The SMILES string of the molecule is CCC[C@]1(CCO[Si](c2ccccc2)(c2ccccc2)C(C)(C)C)C=CC[C@H](Cc2ccccc2)O1. The third-order valence-electron chi connectivity index (χ3n) is 7.46. The van der Waals surface area contributed by atoms with Gasteiger partial charge in [-0.25, -0.2) is 0 Å². The minimum atomic E-state index is -2.55. The lowest BCUT2D eigenvalue weighted by Gasteiger charge is -2.44. The number of ether oxygens (including phenoxy) is 1. The Morgan fingerprint density at radius 1 is 0.833 bits per heavy atom. The monoisotopic (exact) mass is 498 g/mol. The van der Waals surface area contributed by atoms with Crippen LogP contribution in [0.5, 0.6) is 0 Å². The van der Waals surface area contributed by atoms with Gasteiger partial charge in [0.2, 0.25) is 0 Å². The average Bonchev–Trinajstić information content (AvgIpc) is 2.88. The zero-order valence-corrected chi connectivity index (χ0v) is 23.5. The van der Waals surface area contributed by atoms with E-state index in [0.717, 1.165) is 32.1 Å². The van der Waals surface area contributed by atoms with Gasteiger partial charge >= 0.3 is 0 Å². The van der Waals surface area contributed by atoms with Gasteiger partial charge in [-0.1, -0.05) is 137 Å². The molecule has 0 radical (unpaired) electrons. The lowest BCUT2D eigenvalue weighted by atomic mass is 9.89. The van der Waals surface area contributed by atoms with Crippen molar-refractivity contribution in [3.05, 3.63) is 109 Å². The predicted molar refractivity (Wildman–Crippen MR) is 155 cm³/mol. The van der Waals surface area contributed by atoms with Gasteiger partial charge in [-0.05, 0) is 40.2 Å². The Morgan fingerprint density at radius 2 is 1.39 bits per heavy atom. The van der Waals surface area contributed by atoms with Crippen molar-refractivity contribution in [1.29, 1.82) is 0 Å². The van der Waals surface area contributed by atoms with Crippen LogP contribution in [0.4, 0.5) is 0 Å². The third kappa shape index (κ3) is 5.91. The molecule has 0 saturated heterocycles. The first-order chi connectivity index (χ1) is 17.4. The van der Waals surface area contributed by atoms with Crippen LogP contribution in [0.1, 0.15) is 58.9 Å². The Morgan fingerprint density at radius 3 is 1.92 bits per heavy atom. The van der Waals surface area contributed by atoms with Crippen molar-refractivity contribution in [1.82, 2.24) is 0 Å². The highest BCUT2D eigenvalue weighted by molar-refractivity contribution is 6.99. The number of rotatable bonds is 10. The van der Waals surface area contributed by atoms with Gasteiger partial charge in [-0.15, -0.1) is 0 Å². The van der Waals surface area contributed by atoms with E-state index in [1.54, 1.807) is 0 Å². The summed E-state index contributed by atoms with van der Waals surface area (Å²) in [5.74, 6) is 0. The van der Waals surface area contributed by atoms with Gasteiger partial charge in [0.25, 0.3) is 8.32 Å². The quantitative estimate of drug-likeness (QED) is 0.220. The lowest BCUT2D eigenvalue weighted by molar-refractivity contribution is -0.0844. The van der Waals surface area contributed by atoms with E-state index >= 15 is 0 Å². The van der Waals surface area contributed by atoms with Crippen LogP contribution in [-0.4, -0.2) is 26.6 Å². The van der Waals surface area contributed by atoms with Crippen LogP contribution in [0.3, 0.4) is 0 Å². The van der Waals surface area contributed by atoms with E-state index in [9.17, 15) is 0 Å². The molecule has 190 valence electrons. The molecular weight excluding hydrogens is 456 g/mol.